The van der Waals surface area contributed by atoms with Gasteiger partial charge in [0.05, 0.1) is 29.8 Å². The summed E-state index contributed by atoms with van der Waals surface area (Å²) in [7, 11) is 0. The summed E-state index contributed by atoms with van der Waals surface area (Å²) in [6.07, 6.45) is 2.26. The number of ether oxygens (including phenoxy) is 2. The Balaban J connectivity index is 1.42. The van der Waals surface area contributed by atoms with E-state index in [2.05, 4.69) is 37.4 Å². The number of rotatable bonds is 8. The van der Waals surface area contributed by atoms with Crippen LogP contribution < -0.4 is 5.32 Å². The summed E-state index contributed by atoms with van der Waals surface area (Å²) in [6.45, 7) is 7.40. The maximum absolute atomic E-state index is 13.6. The zero-order valence-electron chi connectivity index (χ0n) is 22.0. The van der Waals surface area contributed by atoms with Gasteiger partial charge in [0.2, 0.25) is 5.91 Å². The van der Waals surface area contributed by atoms with E-state index in [-0.39, 0.29) is 25.0 Å². The third-order valence-electron chi connectivity index (χ3n) is 7.05. The van der Waals surface area contributed by atoms with E-state index in [9.17, 15) is 9.59 Å². The summed E-state index contributed by atoms with van der Waals surface area (Å²) in [5.74, 6) is -0.481. The number of nitrogens with one attached hydrogen (secondary N) is 1. The molecular formula is C30H33N3O4S. The van der Waals surface area contributed by atoms with Crippen LogP contribution in [0.15, 0.2) is 75.9 Å². The molecule has 0 aliphatic carbocycles. The minimum atomic E-state index is -0.446. The van der Waals surface area contributed by atoms with Crippen molar-refractivity contribution in [1.29, 1.82) is 0 Å². The zero-order chi connectivity index (χ0) is 26.6. The highest BCUT2D eigenvalue weighted by Gasteiger charge is 2.41. The first-order valence-electron chi connectivity index (χ1n) is 13.0. The van der Waals surface area contributed by atoms with Gasteiger partial charge in [-0.1, -0.05) is 65.9 Å². The van der Waals surface area contributed by atoms with Gasteiger partial charge in [0.15, 0.2) is 5.17 Å². The Hall–Kier alpha value is -3.36. The Labute approximate surface area is 228 Å². The molecule has 2 aromatic carbocycles. The Morgan fingerprint density at radius 2 is 1.97 bits per heavy atom. The van der Waals surface area contributed by atoms with Crippen molar-refractivity contribution in [3.05, 3.63) is 93.2 Å². The van der Waals surface area contributed by atoms with Crippen molar-refractivity contribution in [2.45, 2.75) is 58.8 Å². The number of thioether (sulfide) groups is 1. The molecule has 1 amide bonds. The van der Waals surface area contributed by atoms with Gasteiger partial charge in [-0.2, -0.15) is 0 Å². The first-order valence-corrected chi connectivity index (χ1v) is 13.9. The van der Waals surface area contributed by atoms with Crippen molar-refractivity contribution >= 4 is 28.8 Å². The number of fused-ring (bicyclic) bond motifs is 1. The molecule has 3 heterocycles. The third-order valence-corrected chi connectivity index (χ3v) is 7.93. The molecular weight excluding hydrogens is 498 g/mol. The molecule has 38 heavy (non-hydrogen) atoms. The average molecular weight is 532 g/mol. The lowest BCUT2D eigenvalue weighted by Crippen LogP contribution is -2.39. The first-order chi connectivity index (χ1) is 18.4. The second-order valence-electron chi connectivity index (χ2n) is 9.93. The molecule has 198 valence electrons. The van der Waals surface area contributed by atoms with E-state index >= 15 is 0 Å². The standard InChI is InChI=1S/C30H33N3O4S/c1-19-11-12-25(20(2)14-19)28-27(29(35)37-17-22-8-5-4-6-9-22)21(3)32-30-33(28)23(18-38-30)15-26(34)31-16-24-10-7-13-36-24/h4-6,8-9,11-12,14,18,24,28H,7,10,13,15-17H2,1-3H3,(H,31,34). The summed E-state index contributed by atoms with van der Waals surface area (Å²) in [4.78, 5) is 33.4. The van der Waals surface area contributed by atoms with Crippen LogP contribution in [-0.4, -0.2) is 41.2 Å². The van der Waals surface area contributed by atoms with Crippen LogP contribution in [0.5, 0.6) is 0 Å². The lowest BCUT2D eigenvalue weighted by Gasteiger charge is -2.37. The highest BCUT2D eigenvalue weighted by atomic mass is 32.2. The van der Waals surface area contributed by atoms with E-state index in [1.54, 1.807) is 0 Å². The van der Waals surface area contributed by atoms with Crippen molar-refractivity contribution < 1.29 is 19.1 Å². The van der Waals surface area contributed by atoms with Crippen LogP contribution in [0.4, 0.5) is 0 Å². The van der Waals surface area contributed by atoms with E-state index in [4.69, 9.17) is 14.5 Å². The highest BCUT2D eigenvalue weighted by Crippen LogP contribution is 2.45. The predicted octanol–water partition coefficient (Wildman–Crippen LogP) is 5.31. The lowest BCUT2D eigenvalue weighted by atomic mass is 9.90. The lowest BCUT2D eigenvalue weighted by molar-refractivity contribution is -0.141. The topological polar surface area (TPSA) is 80.2 Å². The van der Waals surface area contributed by atoms with E-state index in [0.717, 1.165) is 52.6 Å². The van der Waals surface area contributed by atoms with Gasteiger partial charge in [-0.25, -0.2) is 9.79 Å². The van der Waals surface area contributed by atoms with Crippen molar-refractivity contribution in [1.82, 2.24) is 10.2 Å². The van der Waals surface area contributed by atoms with Gasteiger partial charge in [0.1, 0.15) is 6.61 Å². The zero-order valence-corrected chi connectivity index (χ0v) is 22.8. The first kappa shape index (κ1) is 26.3. The summed E-state index contributed by atoms with van der Waals surface area (Å²) in [5, 5.41) is 5.74. The van der Waals surface area contributed by atoms with Crippen LogP contribution >= 0.6 is 11.8 Å². The van der Waals surface area contributed by atoms with Crippen LogP contribution in [0.1, 0.15) is 54.5 Å². The van der Waals surface area contributed by atoms with Gasteiger partial charge in [-0.3, -0.25) is 4.79 Å². The molecule has 3 aliphatic heterocycles. The van der Waals surface area contributed by atoms with E-state index in [1.807, 2.05) is 47.6 Å². The van der Waals surface area contributed by atoms with E-state index in [0.29, 0.717) is 17.8 Å². The van der Waals surface area contributed by atoms with Crippen LogP contribution in [0, 0.1) is 13.8 Å². The number of amides is 1. The normalized spacial score (nSPS) is 20.7. The summed E-state index contributed by atoms with van der Waals surface area (Å²) in [6, 6.07) is 15.4. The highest BCUT2D eigenvalue weighted by molar-refractivity contribution is 8.16. The number of carbonyl (C=O) groups is 2. The third kappa shape index (κ3) is 5.71. The van der Waals surface area contributed by atoms with Crippen LogP contribution in [-0.2, 0) is 25.7 Å². The monoisotopic (exact) mass is 531 g/mol. The molecule has 0 spiro atoms. The number of benzene rings is 2. The second kappa shape index (κ2) is 11.6. The van der Waals surface area contributed by atoms with Crippen LogP contribution in [0.25, 0.3) is 0 Å². The molecule has 2 aromatic rings. The van der Waals surface area contributed by atoms with E-state index < -0.39 is 12.0 Å². The molecule has 1 saturated heterocycles. The van der Waals surface area contributed by atoms with Crippen LogP contribution in [0.2, 0.25) is 0 Å². The van der Waals surface area contributed by atoms with Crippen molar-refractivity contribution in [3.8, 4) is 0 Å². The molecule has 0 aromatic heterocycles. The van der Waals surface area contributed by atoms with Gasteiger partial charge in [0.25, 0.3) is 0 Å². The number of carbonyl (C=O) groups excluding carboxylic acids is 2. The molecule has 5 rings (SSSR count). The number of nitrogens with zero attached hydrogens (tertiary/aromatic N) is 2. The second-order valence-corrected chi connectivity index (χ2v) is 10.8. The average Bonchev–Trinajstić information content (AvgIpc) is 3.56. The van der Waals surface area contributed by atoms with Crippen LogP contribution in [0.3, 0.4) is 0 Å². The van der Waals surface area contributed by atoms with Gasteiger partial charge < -0.3 is 19.7 Å². The quantitative estimate of drug-likeness (QED) is 0.465. The summed E-state index contributed by atoms with van der Waals surface area (Å²) in [5.41, 5.74) is 6.05. The van der Waals surface area contributed by atoms with Crippen molar-refractivity contribution in [2.75, 3.05) is 13.2 Å². The summed E-state index contributed by atoms with van der Waals surface area (Å²) < 4.78 is 11.4. The van der Waals surface area contributed by atoms with Gasteiger partial charge in [0, 0.05) is 18.8 Å². The molecule has 2 unspecified atom stereocenters. The number of hydrogen-bond donors (Lipinski definition) is 1. The predicted molar refractivity (Wildman–Crippen MR) is 149 cm³/mol. The van der Waals surface area contributed by atoms with Crippen molar-refractivity contribution in [2.24, 2.45) is 4.99 Å². The Bertz CT molecular complexity index is 1310. The fourth-order valence-electron chi connectivity index (χ4n) is 5.12. The number of aryl methyl sites for hydroxylation is 2. The maximum atomic E-state index is 13.6. The number of esters is 1. The van der Waals surface area contributed by atoms with Gasteiger partial charge in [-0.05, 0) is 55.7 Å². The Morgan fingerprint density at radius 3 is 2.71 bits per heavy atom. The minimum Gasteiger partial charge on any atom is -0.457 e. The largest absolute Gasteiger partial charge is 0.457 e. The number of aliphatic imine (C=N–C) groups is 1. The fourth-order valence-corrected chi connectivity index (χ4v) is 6.08. The van der Waals surface area contributed by atoms with Crippen molar-refractivity contribution in [3.63, 3.8) is 0 Å². The summed E-state index contributed by atoms with van der Waals surface area (Å²) >= 11 is 1.48. The minimum absolute atomic E-state index is 0.0764. The molecule has 7 nitrogen and oxygen atoms in total. The molecule has 3 aliphatic rings. The molecule has 0 bridgehead atoms. The SMILES string of the molecule is CC1=C(C(=O)OCc2ccccc2)C(c2ccc(C)cc2C)N2C(CC(=O)NCC3CCCO3)=CSC2=N1. The maximum Gasteiger partial charge on any atom is 0.338 e. The van der Waals surface area contributed by atoms with Gasteiger partial charge >= 0.3 is 5.97 Å². The smallest absolute Gasteiger partial charge is 0.338 e. The fraction of sp³-hybridized carbons (Fsp3) is 0.367. The Kier molecular flexibility index (Phi) is 8.00. The molecule has 0 radical (unpaired) electrons. The van der Waals surface area contributed by atoms with E-state index in [1.165, 1.54) is 11.8 Å². The number of hydrogen-bond acceptors (Lipinski definition) is 7. The molecule has 1 fully saturated rings. The van der Waals surface area contributed by atoms with Gasteiger partial charge in [-0.15, -0.1) is 0 Å². The molecule has 0 saturated carbocycles. The number of amidine groups is 1. The Morgan fingerprint density at radius 1 is 1.16 bits per heavy atom. The molecule has 2 atom stereocenters. The molecule has 1 N–H and O–H groups in total. The molecule has 8 heteroatoms. The number of allylic oxidation sites excluding steroid dienone is 1.